The number of benzene rings is 1. The van der Waals surface area contributed by atoms with Gasteiger partial charge in [-0.2, -0.15) is 0 Å². The SMILES string of the molecule is c1cnc(-n2cnc3ccccc32)c(CNc2ncnc3c2CCC3)c1. The van der Waals surface area contributed by atoms with Gasteiger partial charge in [-0.1, -0.05) is 18.2 Å². The lowest BCUT2D eigenvalue weighted by molar-refractivity contribution is 0.899. The van der Waals surface area contributed by atoms with E-state index in [0.717, 1.165) is 47.5 Å². The second kappa shape index (κ2) is 6.22. The van der Waals surface area contributed by atoms with Gasteiger partial charge in [0, 0.05) is 29.6 Å². The Kier molecular flexibility index (Phi) is 3.59. The van der Waals surface area contributed by atoms with E-state index in [4.69, 9.17) is 0 Å². The Morgan fingerprint density at radius 2 is 1.92 bits per heavy atom. The molecule has 5 rings (SSSR count). The van der Waals surface area contributed by atoms with Crippen molar-refractivity contribution in [3.05, 3.63) is 72.1 Å². The number of nitrogens with zero attached hydrogens (tertiary/aromatic N) is 5. The zero-order valence-corrected chi connectivity index (χ0v) is 14.3. The first kappa shape index (κ1) is 15.0. The van der Waals surface area contributed by atoms with Crippen molar-refractivity contribution in [1.82, 2.24) is 24.5 Å². The lowest BCUT2D eigenvalue weighted by Gasteiger charge is -2.13. The Morgan fingerprint density at radius 3 is 2.92 bits per heavy atom. The van der Waals surface area contributed by atoms with Crippen LogP contribution in [0.5, 0.6) is 0 Å². The number of imidazole rings is 1. The molecule has 0 radical (unpaired) electrons. The predicted octanol–water partition coefficient (Wildman–Crippen LogP) is 3.31. The van der Waals surface area contributed by atoms with Crippen molar-refractivity contribution in [2.45, 2.75) is 25.8 Å². The smallest absolute Gasteiger partial charge is 0.143 e. The van der Waals surface area contributed by atoms with Gasteiger partial charge in [0.15, 0.2) is 0 Å². The van der Waals surface area contributed by atoms with E-state index in [2.05, 4.69) is 37.4 Å². The van der Waals surface area contributed by atoms with E-state index < -0.39 is 0 Å². The minimum absolute atomic E-state index is 0.652. The largest absolute Gasteiger partial charge is 0.366 e. The van der Waals surface area contributed by atoms with Crippen LogP contribution in [0.1, 0.15) is 23.2 Å². The van der Waals surface area contributed by atoms with Crippen molar-refractivity contribution in [1.29, 1.82) is 0 Å². The number of nitrogens with one attached hydrogen (secondary N) is 1. The minimum Gasteiger partial charge on any atom is -0.366 e. The number of anilines is 1. The first-order chi connectivity index (χ1) is 12.9. The standard InChI is InChI=1S/C20H18N6/c1-2-9-18-17(7-1)25-13-26(18)20-14(5-4-10-21-20)11-22-19-15-6-3-8-16(15)23-12-24-19/h1-2,4-5,7,9-10,12-13H,3,6,8,11H2,(H,22,23,24). The summed E-state index contributed by atoms with van der Waals surface area (Å²) in [6.07, 6.45) is 8.55. The third-order valence-corrected chi connectivity index (χ3v) is 4.87. The zero-order chi connectivity index (χ0) is 17.3. The highest BCUT2D eigenvalue weighted by Gasteiger charge is 2.17. The maximum atomic E-state index is 4.61. The number of aryl methyl sites for hydroxylation is 1. The van der Waals surface area contributed by atoms with Crippen molar-refractivity contribution < 1.29 is 0 Å². The Labute approximate surface area is 151 Å². The molecule has 1 aromatic carbocycles. The van der Waals surface area contributed by atoms with Crippen LogP contribution in [0.3, 0.4) is 0 Å². The summed E-state index contributed by atoms with van der Waals surface area (Å²) < 4.78 is 2.04. The molecule has 0 atom stereocenters. The van der Waals surface area contributed by atoms with Crippen molar-refractivity contribution >= 4 is 16.9 Å². The highest BCUT2D eigenvalue weighted by molar-refractivity contribution is 5.77. The Hall–Kier alpha value is -3.28. The van der Waals surface area contributed by atoms with Gasteiger partial charge in [-0.25, -0.2) is 19.9 Å². The van der Waals surface area contributed by atoms with Gasteiger partial charge in [-0.05, 0) is 37.5 Å². The fourth-order valence-corrected chi connectivity index (χ4v) is 3.60. The van der Waals surface area contributed by atoms with Crippen LogP contribution >= 0.6 is 0 Å². The average Bonchev–Trinajstić information content (AvgIpc) is 3.34. The fourth-order valence-electron chi connectivity index (χ4n) is 3.60. The number of fused-ring (bicyclic) bond motifs is 2. The predicted molar refractivity (Wildman–Crippen MR) is 100 cm³/mol. The molecule has 128 valence electrons. The molecule has 3 heterocycles. The van der Waals surface area contributed by atoms with Crippen molar-refractivity contribution in [3.63, 3.8) is 0 Å². The number of aromatic nitrogens is 5. The second-order valence-corrected chi connectivity index (χ2v) is 6.44. The van der Waals surface area contributed by atoms with Gasteiger partial charge >= 0.3 is 0 Å². The van der Waals surface area contributed by atoms with E-state index in [1.165, 1.54) is 11.3 Å². The third-order valence-electron chi connectivity index (χ3n) is 4.87. The van der Waals surface area contributed by atoms with Crippen LogP contribution in [-0.4, -0.2) is 24.5 Å². The van der Waals surface area contributed by atoms with Gasteiger partial charge in [0.05, 0.1) is 11.0 Å². The Bertz CT molecular complexity index is 1080. The molecule has 1 aliphatic carbocycles. The third kappa shape index (κ3) is 2.50. The van der Waals surface area contributed by atoms with Crippen molar-refractivity contribution in [3.8, 4) is 5.82 Å². The van der Waals surface area contributed by atoms with E-state index in [0.29, 0.717) is 6.54 Å². The normalized spacial score (nSPS) is 13.1. The molecule has 0 saturated carbocycles. The topological polar surface area (TPSA) is 68.5 Å². The molecule has 0 aliphatic heterocycles. The van der Waals surface area contributed by atoms with Crippen LogP contribution < -0.4 is 5.32 Å². The summed E-state index contributed by atoms with van der Waals surface area (Å²) in [5.41, 5.74) is 5.54. The van der Waals surface area contributed by atoms with Crippen LogP contribution in [0.25, 0.3) is 16.9 Å². The monoisotopic (exact) mass is 342 g/mol. The molecule has 0 amide bonds. The van der Waals surface area contributed by atoms with Gasteiger partial charge in [0.2, 0.25) is 0 Å². The van der Waals surface area contributed by atoms with E-state index in [1.807, 2.05) is 41.4 Å². The van der Waals surface area contributed by atoms with Crippen LogP contribution in [0.2, 0.25) is 0 Å². The molecule has 6 heteroatoms. The summed E-state index contributed by atoms with van der Waals surface area (Å²) in [6, 6.07) is 12.1. The summed E-state index contributed by atoms with van der Waals surface area (Å²) >= 11 is 0. The molecule has 1 N–H and O–H groups in total. The van der Waals surface area contributed by atoms with Crippen LogP contribution in [0.15, 0.2) is 55.2 Å². The lowest BCUT2D eigenvalue weighted by Crippen LogP contribution is -2.09. The molecular formula is C20H18N6. The fraction of sp³-hybridized carbons (Fsp3) is 0.200. The molecule has 4 aromatic rings. The summed E-state index contributed by atoms with van der Waals surface area (Å²) in [4.78, 5) is 17.9. The molecule has 1 aliphatic rings. The molecule has 0 unspecified atom stereocenters. The maximum Gasteiger partial charge on any atom is 0.143 e. The first-order valence-corrected chi connectivity index (χ1v) is 8.83. The highest BCUT2D eigenvalue weighted by Crippen LogP contribution is 2.26. The molecule has 0 bridgehead atoms. The first-order valence-electron chi connectivity index (χ1n) is 8.83. The van der Waals surface area contributed by atoms with Gasteiger partial charge in [-0.3, -0.25) is 4.57 Å². The van der Waals surface area contributed by atoms with Gasteiger partial charge in [0.1, 0.15) is 24.3 Å². The van der Waals surface area contributed by atoms with Crippen molar-refractivity contribution in [2.24, 2.45) is 0 Å². The molecule has 0 spiro atoms. The second-order valence-electron chi connectivity index (χ2n) is 6.44. The average molecular weight is 342 g/mol. The van der Waals surface area contributed by atoms with Crippen molar-refractivity contribution in [2.75, 3.05) is 5.32 Å². The number of rotatable bonds is 4. The Morgan fingerprint density at radius 1 is 0.962 bits per heavy atom. The van der Waals surface area contributed by atoms with Gasteiger partial charge < -0.3 is 5.32 Å². The van der Waals surface area contributed by atoms with Crippen LogP contribution in [0.4, 0.5) is 5.82 Å². The molecule has 0 fully saturated rings. The quantitative estimate of drug-likeness (QED) is 0.616. The summed E-state index contributed by atoms with van der Waals surface area (Å²) in [5.74, 6) is 1.83. The van der Waals surface area contributed by atoms with Gasteiger partial charge in [-0.15, -0.1) is 0 Å². The van der Waals surface area contributed by atoms with E-state index in [1.54, 1.807) is 6.33 Å². The zero-order valence-electron chi connectivity index (χ0n) is 14.3. The molecule has 3 aromatic heterocycles. The molecule has 26 heavy (non-hydrogen) atoms. The summed E-state index contributed by atoms with van der Waals surface area (Å²) in [7, 11) is 0. The van der Waals surface area contributed by atoms with Gasteiger partial charge in [0.25, 0.3) is 0 Å². The molecule has 6 nitrogen and oxygen atoms in total. The molecule has 0 saturated heterocycles. The lowest BCUT2D eigenvalue weighted by atomic mass is 10.2. The maximum absolute atomic E-state index is 4.61. The van der Waals surface area contributed by atoms with E-state index in [9.17, 15) is 0 Å². The Balaban J connectivity index is 1.49. The van der Waals surface area contributed by atoms with Crippen LogP contribution in [0, 0.1) is 0 Å². The van der Waals surface area contributed by atoms with E-state index in [-0.39, 0.29) is 0 Å². The van der Waals surface area contributed by atoms with E-state index >= 15 is 0 Å². The highest BCUT2D eigenvalue weighted by atomic mass is 15.1. The minimum atomic E-state index is 0.652. The number of pyridine rings is 1. The summed E-state index contributed by atoms with van der Waals surface area (Å²) in [5, 5.41) is 3.49. The summed E-state index contributed by atoms with van der Waals surface area (Å²) in [6.45, 7) is 0.652. The number of hydrogen-bond donors (Lipinski definition) is 1. The van der Waals surface area contributed by atoms with Crippen LogP contribution in [-0.2, 0) is 19.4 Å². The number of hydrogen-bond acceptors (Lipinski definition) is 5. The number of para-hydroxylation sites is 2. The molecular weight excluding hydrogens is 324 g/mol.